The van der Waals surface area contributed by atoms with Crippen molar-refractivity contribution < 1.29 is 0 Å². The smallest absolute Gasteiger partial charge is 0.0401 e. The van der Waals surface area contributed by atoms with Gasteiger partial charge in [-0.25, -0.2) is 0 Å². The summed E-state index contributed by atoms with van der Waals surface area (Å²) in [5.41, 5.74) is 2.58. The minimum Gasteiger partial charge on any atom is -0.0985 e. The molecule has 0 N–H and O–H groups in total. The van der Waals surface area contributed by atoms with Crippen LogP contribution < -0.4 is 0 Å². The predicted octanol–water partition coefficient (Wildman–Crippen LogP) is 4.57. The first-order valence-corrected chi connectivity index (χ1v) is 5.56. The maximum absolute atomic E-state index is 3.81. The van der Waals surface area contributed by atoms with Crippen LogP contribution in [0.25, 0.3) is 6.08 Å². The van der Waals surface area contributed by atoms with E-state index in [4.69, 9.17) is 0 Å². The fourth-order valence-corrected chi connectivity index (χ4v) is 2.27. The first-order chi connectivity index (χ1) is 6.29. The molecule has 0 saturated carbocycles. The van der Waals surface area contributed by atoms with Crippen molar-refractivity contribution in [3.63, 3.8) is 0 Å². The van der Waals surface area contributed by atoms with E-state index in [1.165, 1.54) is 24.0 Å². The third-order valence-corrected chi connectivity index (χ3v) is 3.05. The van der Waals surface area contributed by atoms with Gasteiger partial charge >= 0.3 is 0 Å². The first-order valence-electron chi connectivity index (χ1n) is 4.65. The van der Waals surface area contributed by atoms with Gasteiger partial charge in [-0.3, -0.25) is 0 Å². The monoisotopic (exact) mass is 238 g/mol. The molecule has 0 heterocycles. The molecule has 13 heavy (non-hydrogen) atoms. The highest BCUT2D eigenvalue weighted by molar-refractivity contribution is 9.09. The van der Waals surface area contributed by atoms with Crippen LogP contribution in [0.15, 0.2) is 30.8 Å². The molecule has 0 bridgehead atoms. The van der Waals surface area contributed by atoms with Crippen LogP contribution in [0.3, 0.4) is 0 Å². The lowest BCUT2D eigenvalue weighted by Crippen LogP contribution is -1.92. The van der Waals surface area contributed by atoms with Crippen molar-refractivity contribution in [3.8, 4) is 0 Å². The molecule has 0 nitrogen and oxygen atoms in total. The normalized spacial score (nSPS) is 12.5. The van der Waals surface area contributed by atoms with Crippen molar-refractivity contribution in [2.45, 2.75) is 24.6 Å². The van der Waals surface area contributed by atoms with Gasteiger partial charge in [0.1, 0.15) is 0 Å². The van der Waals surface area contributed by atoms with Crippen LogP contribution in [-0.2, 0) is 0 Å². The Kier molecular flexibility index (Phi) is 4.23. The van der Waals surface area contributed by atoms with E-state index < -0.39 is 0 Å². The largest absolute Gasteiger partial charge is 0.0985 e. The summed E-state index contributed by atoms with van der Waals surface area (Å²) in [5.74, 6) is 0. The lowest BCUT2D eigenvalue weighted by molar-refractivity contribution is 0.787. The highest BCUT2D eigenvalue weighted by Gasteiger charge is 2.08. The van der Waals surface area contributed by atoms with Crippen LogP contribution in [0, 0.1) is 0 Å². The minimum absolute atomic E-state index is 0.465. The van der Waals surface area contributed by atoms with Gasteiger partial charge in [-0.1, -0.05) is 66.2 Å². The van der Waals surface area contributed by atoms with Crippen molar-refractivity contribution in [2.75, 3.05) is 0 Å². The number of hydrogen-bond donors (Lipinski definition) is 0. The summed E-state index contributed by atoms with van der Waals surface area (Å²) in [5, 5.41) is 0. The van der Waals surface area contributed by atoms with E-state index in [0.717, 1.165) is 0 Å². The van der Waals surface area contributed by atoms with E-state index in [9.17, 15) is 0 Å². The Morgan fingerprint density at radius 2 is 2.15 bits per heavy atom. The Bertz CT molecular complexity index is 278. The minimum atomic E-state index is 0.465. The van der Waals surface area contributed by atoms with Gasteiger partial charge in [0.05, 0.1) is 0 Å². The molecule has 1 unspecified atom stereocenters. The lowest BCUT2D eigenvalue weighted by Gasteiger charge is -2.11. The van der Waals surface area contributed by atoms with E-state index in [2.05, 4.69) is 47.6 Å². The third kappa shape index (κ3) is 2.70. The third-order valence-electron chi connectivity index (χ3n) is 2.10. The molecular formula is C12H15Br. The van der Waals surface area contributed by atoms with Crippen LogP contribution in [0.2, 0.25) is 0 Å². The second-order valence-electron chi connectivity index (χ2n) is 3.09. The fraction of sp³-hybridized carbons (Fsp3) is 0.333. The summed E-state index contributed by atoms with van der Waals surface area (Å²) in [6, 6.07) is 8.39. The molecule has 1 atom stereocenters. The second kappa shape index (κ2) is 5.23. The van der Waals surface area contributed by atoms with Gasteiger partial charge in [0.25, 0.3) is 0 Å². The predicted molar refractivity (Wildman–Crippen MR) is 63.1 cm³/mol. The molecule has 0 aliphatic rings. The number of halogens is 1. The quantitative estimate of drug-likeness (QED) is 0.675. The fourth-order valence-electron chi connectivity index (χ4n) is 1.39. The zero-order chi connectivity index (χ0) is 9.68. The topological polar surface area (TPSA) is 0 Å². The summed E-state index contributed by atoms with van der Waals surface area (Å²) < 4.78 is 0. The first kappa shape index (κ1) is 10.5. The maximum atomic E-state index is 3.81. The Morgan fingerprint density at radius 1 is 1.46 bits per heavy atom. The van der Waals surface area contributed by atoms with Crippen molar-refractivity contribution in [1.29, 1.82) is 0 Å². The Hall–Kier alpha value is -0.560. The molecule has 0 amide bonds. The SMILES string of the molecule is C=Cc1ccccc1C(Br)CCC. The molecule has 0 saturated heterocycles. The number of hydrogen-bond acceptors (Lipinski definition) is 0. The van der Waals surface area contributed by atoms with Crippen molar-refractivity contribution in [2.24, 2.45) is 0 Å². The highest BCUT2D eigenvalue weighted by atomic mass is 79.9. The van der Waals surface area contributed by atoms with Crippen molar-refractivity contribution in [3.05, 3.63) is 42.0 Å². The summed E-state index contributed by atoms with van der Waals surface area (Å²) in [7, 11) is 0. The molecule has 0 fully saturated rings. The maximum Gasteiger partial charge on any atom is 0.0401 e. The van der Waals surface area contributed by atoms with Gasteiger partial charge in [-0.05, 0) is 17.5 Å². The molecule has 0 aliphatic carbocycles. The average molecular weight is 239 g/mol. The van der Waals surface area contributed by atoms with Gasteiger partial charge in [-0.2, -0.15) is 0 Å². The van der Waals surface area contributed by atoms with E-state index in [-0.39, 0.29) is 0 Å². The van der Waals surface area contributed by atoms with Crippen LogP contribution in [0.5, 0.6) is 0 Å². The zero-order valence-corrected chi connectivity index (χ0v) is 9.55. The number of benzene rings is 1. The van der Waals surface area contributed by atoms with Gasteiger partial charge in [0.2, 0.25) is 0 Å². The van der Waals surface area contributed by atoms with Gasteiger partial charge in [0, 0.05) is 4.83 Å². The Balaban J connectivity index is 2.91. The van der Waals surface area contributed by atoms with E-state index >= 15 is 0 Å². The molecule has 0 spiro atoms. The Labute approximate surface area is 88.8 Å². The summed E-state index contributed by atoms with van der Waals surface area (Å²) >= 11 is 3.69. The molecule has 70 valence electrons. The summed E-state index contributed by atoms with van der Waals surface area (Å²) in [6.45, 7) is 6.01. The van der Waals surface area contributed by atoms with E-state index in [1.807, 2.05) is 12.1 Å². The Morgan fingerprint density at radius 3 is 2.77 bits per heavy atom. The van der Waals surface area contributed by atoms with Gasteiger partial charge < -0.3 is 0 Å². The van der Waals surface area contributed by atoms with Crippen LogP contribution in [-0.4, -0.2) is 0 Å². The molecule has 1 heteroatoms. The molecule has 0 radical (unpaired) electrons. The van der Waals surface area contributed by atoms with Crippen molar-refractivity contribution in [1.82, 2.24) is 0 Å². The van der Waals surface area contributed by atoms with E-state index in [1.54, 1.807) is 0 Å². The number of alkyl halides is 1. The molecule has 0 aromatic heterocycles. The highest BCUT2D eigenvalue weighted by Crippen LogP contribution is 2.30. The zero-order valence-electron chi connectivity index (χ0n) is 7.96. The summed E-state index contributed by atoms with van der Waals surface area (Å²) in [4.78, 5) is 0.465. The molecule has 1 aromatic rings. The second-order valence-corrected chi connectivity index (χ2v) is 4.19. The molecule has 1 aromatic carbocycles. The molecule has 0 aliphatic heterocycles. The number of rotatable bonds is 4. The van der Waals surface area contributed by atoms with Gasteiger partial charge in [-0.15, -0.1) is 0 Å². The molecular weight excluding hydrogens is 224 g/mol. The molecule has 1 rings (SSSR count). The van der Waals surface area contributed by atoms with Crippen LogP contribution >= 0.6 is 15.9 Å². The average Bonchev–Trinajstić information content (AvgIpc) is 2.18. The lowest BCUT2D eigenvalue weighted by atomic mass is 10.0. The van der Waals surface area contributed by atoms with Crippen LogP contribution in [0.4, 0.5) is 0 Å². The van der Waals surface area contributed by atoms with Gasteiger partial charge in [0.15, 0.2) is 0 Å². The summed E-state index contributed by atoms with van der Waals surface area (Å²) in [6.07, 6.45) is 4.28. The van der Waals surface area contributed by atoms with E-state index in [0.29, 0.717) is 4.83 Å². The van der Waals surface area contributed by atoms with Crippen LogP contribution in [0.1, 0.15) is 35.7 Å². The standard InChI is InChI=1S/C12H15Br/c1-3-7-12(13)11-9-6-5-8-10(11)4-2/h4-6,8-9,12H,2-3,7H2,1H3. The van der Waals surface area contributed by atoms with Crippen molar-refractivity contribution >= 4 is 22.0 Å².